The van der Waals surface area contributed by atoms with Gasteiger partial charge in [-0.05, 0) is 46.8 Å². The first-order chi connectivity index (χ1) is 9.56. The summed E-state index contributed by atoms with van der Waals surface area (Å²) in [5.74, 6) is 0. The minimum atomic E-state index is 0.202. The van der Waals surface area contributed by atoms with Crippen LogP contribution in [-0.4, -0.2) is 0 Å². The third-order valence-electron chi connectivity index (χ3n) is 4.45. The fourth-order valence-corrected chi connectivity index (χ4v) is 4.81. The lowest BCUT2D eigenvalue weighted by Crippen LogP contribution is -2.24. The van der Waals surface area contributed by atoms with Gasteiger partial charge in [0, 0.05) is 14.4 Å². The highest BCUT2D eigenvalue weighted by atomic mass is 79.9. The molecule has 1 aliphatic carbocycles. The number of fused-ring (bicyclic) bond motifs is 1. The van der Waals surface area contributed by atoms with E-state index in [2.05, 4.69) is 70.8 Å². The number of rotatable bonds is 6. The number of benzene rings is 1. The Hall–Kier alpha value is -0.0800. The molecule has 0 fully saturated rings. The molecule has 0 aliphatic heterocycles. The van der Waals surface area contributed by atoms with E-state index < -0.39 is 0 Å². The van der Waals surface area contributed by atoms with E-state index in [1.54, 1.807) is 0 Å². The molecule has 2 heteroatoms. The second-order valence-electron chi connectivity index (χ2n) is 5.97. The monoisotopic (exact) mass is 398 g/mol. The molecular formula is C18H24Br2. The molecule has 0 saturated heterocycles. The van der Waals surface area contributed by atoms with Crippen LogP contribution in [0.25, 0.3) is 4.48 Å². The van der Waals surface area contributed by atoms with Crippen molar-refractivity contribution in [3.05, 3.63) is 39.4 Å². The van der Waals surface area contributed by atoms with Gasteiger partial charge in [0.05, 0.1) is 0 Å². The predicted molar refractivity (Wildman–Crippen MR) is 96.7 cm³/mol. The minimum Gasteiger partial charge on any atom is -0.0654 e. The van der Waals surface area contributed by atoms with Crippen molar-refractivity contribution in [2.45, 2.75) is 64.7 Å². The lowest BCUT2D eigenvalue weighted by Gasteiger charge is -2.32. The average molecular weight is 400 g/mol. The lowest BCUT2D eigenvalue weighted by atomic mass is 9.74. The summed E-state index contributed by atoms with van der Waals surface area (Å²) < 4.78 is 2.64. The van der Waals surface area contributed by atoms with E-state index in [0.29, 0.717) is 0 Å². The molecule has 0 heterocycles. The van der Waals surface area contributed by atoms with Crippen LogP contribution in [0.4, 0.5) is 0 Å². The second-order valence-corrected chi connectivity index (χ2v) is 7.55. The van der Waals surface area contributed by atoms with E-state index in [1.165, 1.54) is 64.2 Å². The van der Waals surface area contributed by atoms with Gasteiger partial charge in [0.1, 0.15) is 0 Å². The molecule has 1 aromatic rings. The molecule has 0 unspecified atom stereocenters. The second kappa shape index (κ2) is 6.79. The molecule has 0 N–H and O–H groups in total. The molecule has 0 nitrogen and oxygen atoms in total. The van der Waals surface area contributed by atoms with E-state index in [0.717, 1.165) is 0 Å². The van der Waals surface area contributed by atoms with Crippen molar-refractivity contribution in [3.63, 3.8) is 0 Å². The summed E-state index contributed by atoms with van der Waals surface area (Å²) >= 11 is 7.75. The van der Waals surface area contributed by atoms with Gasteiger partial charge in [0.2, 0.25) is 0 Å². The lowest BCUT2D eigenvalue weighted by molar-refractivity contribution is 0.421. The Balaban J connectivity index is 2.50. The highest BCUT2D eigenvalue weighted by Gasteiger charge is 2.42. The van der Waals surface area contributed by atoms with E-state index in [-0.39, 0.29) is 5.41 Å². The molecule has 0 amide bonds. The molecule has 0 saturated carbocycles. The van der Waals surface area contributed by atoms with Gasteiger partial charge in [-0.15, -0.1) is 0 Å². The molecular weight excluding hydrogens is 376 g/mol. The summed E-state index contributed by atoms with van der Waals surface area (Å²) in [6, 6.07) is 6.93. The van der Waals surface area contributed by atoms with E-state index >= 15 is 0 Å². The molecule has 0 spiro atoms. The zero-order valence-electron chi connectivity index (χ0n) is 12.7. The number of halogens is 2. The minimum absolute atomic E-state index is 0.202. The van der Waals surface area contributed by atoms with Crippen molar-refractivity contribution in [3.8, 4) is 0 Å². The maximum atomic E-state index is 3.93. The van der Waals surface area contributed by atoms with Crippen molar-refractivity contribution in [2.75, 3.05) is 0 Å². The first-order valence-electron chi connectivity index (χ1n) is 7.74. The molecule has 110 valence electrons. The van der Waals surface area contributed by atoms with Gasteiger partial charge in [-0.1, -0.05) is 79.2 Å². The van der Waals surface area contributed by atoms with Crippen molar-refractivity contribution >= 4 is 36.3 Å². The van der Waals surface area contributed by atoms with Crippen molar-refractivity contribution in [1.29, 1.82) is 0 Å². The van der Waals surface area contributed by atoms with Gasteiger partial charge in [-0.2, -0.15) is 0 Å². The number of unbranched alkanes of at least 4 members (excludes halogenated alkanes) is 2. The van der Waals surface area contributed by atoms with E-state index in [4.69, 9.17) is 0 Å². The number of aryl methyl sites for hydroxylation is 1. The smallest absolute Gasteiger partial charge is 0.0361 e. The van der Waals surface area contributed by atoms with Gasteiger partial charge in [-0.3, -0.25) is 0 Å². The summed E-state index contributed by atoms with van der Waals surface area (Å²) in [6.45, 7) is 6.74. The Morgan fingerprint density at radius 3 is 2.15 bits per heavy atom. The molecule has 0 atom stereocenters. The first-order valence-corrected chi connectivity index (χ1v) is 9.32. The largest absolute Gasteiger partial charge is 0.0654 e. The Bertz CT molecular complexity index is 506. The number of allylic oxidation sites excluding steroid dienone is 1. The van der Waals surface area contributed by atoms with Gasteiger partial charge in [0.15, 0.2) is 0 Å². The van der Waals surface area contributed by atoms with Gasteiger partial charge in [0.25, 0.3) is 0 Å². The van der Waals surface area contributed by atoms with Crippen molar-refractivity contribution in [1.82, 2.24) is 0 Å². The SMILES string of the molecule is CCCCC1(CCCC)C(Br)=C(Br)c2cc(C)ccc21. The first kappa shape index (κ1) is 16.3. The number of hydrogen-bond donors (Lipinski definition) is 0. The Labute approximate surface area is 140 Å². The molecule has 0 bridgehead atoms. The fraction of sp³-hybridized carbons (Fsp3) is 0.556. The maximum Gasteiger partial charge on any atom is 0.0361 e. The van der Waals surface area contributed by atoms with Crippen LogP contribution in [0, 0.1) is 6.92 Å². The summed E-state index contributed by atoms with van der Waals surface area (Å²) in [4.78, 5) is 0. The third kappa shape index (κ3) is 2.78. The third-order valence-corrected chi connectivity index (χ3v) is 6.97. The van der Waals surface area contributed by atoms with Crippen LogP contribution in [-0.2, 0) is 5.41 Å². The zero-order valence-corrected chi connectivity index (χ0v) is 15.9. The number of hydrogen-bond acceptors (Lipinski definition) is 0. The molecule has 1 aliphatic rings. The van der Waals surface area contributed by atoms with Crippen LogP contribution in [0.15, 0.2) is 22.7 Å². The van der Waals surface area contributed by atoms with E-state index in [9.17, 15) is 0 Å². The summed E-state index contributed by atoms with van der Waals surface area (Å²) in [7, 11) is 0. The molecule has 2 rings (SSSR count). The van der Waals surface area contributed by atoms with Gasteiger partial charge in [-0.25, -0.2) is 0 Å². The van der Waals surface area contributed by atoms with Crippen LogP contribution < -0.4 is 0 Å². The van der Waals surface area contributed by atoms with Crippen molar-refractivity contribution in [2.24, 2.45) is 0 Å². The quantitative estimate of drug-likeness (QED) is 0.479. The van der Waals surface area contributed by atoms with Crippen LogP contribution >= 0.6 is 31.9 Å². The summed E-state index contributed by atoms with van der Waals surface area (Å²) in [5.41, 5.74) is 4.45. The molecule has 0 aromatic heterocycles. The Morgan fingerprint density at radius 1 is 1.00 bits per heavy atom. The van der Waals surface area contributed by atoms with Crippen LogP contribution in [0.3, 0.4) is 0 Å². The Kier molecular flexibility index (Phi) is 5.53. The van der Waals surface area contributed by atoms with Crippen molar-refractivity contribution < 1.29 is 0 Å². The molecule has 1 aromatic carbocycles. The van der Waals surface area contributed by atoms with E-state index in [1.807, 2.05) is 0 Å². The molecule has 0 radical (unpaired) electrons. The van der Waals surface area contributed by atoms with Crippen LogP contribution in [0.1, 0.15) is 69.1 Å². The zero-order chi connectivity index (χ0) is 14.8. The van der Waals surface area contributed by atoms with Gasteiger partial charge < -0.3 is 0 Å². The van der Waals surface area contributed by atoms with Crippen LogP contribution in [0.5, 0.6) is 0 Å². The normalized spacial score (nSPS) is 16.6. The average Bonchev–Trinajstić information content (AvgIpc) is 2.65. The summed E-state index contributed by atoms with van der Waals surface area (Å²) in [6.07, 6.45) is 7.57. The van der Waals surface area contributed by atoms with Gasteiger partial charge >= 0.3 is 0 Å². The topological polar surface area (TPSA) is 0 Å². The van der Waals surface area contributed by atoms with Crippen LogP contribution in [0.2, 0.25) is 0 Å². The maximum absolute atomic E-state index is 3.93. The Morgan fingerprint density at radius 2 is 1.60 bits per heavy atom. The fourth-order valence-electron chi connectivity index (χ4n) is 3.27. The highest BCUT2D eigenvalue weighted by Crippen LogP contribution is 2.56. The highest BCUT2D eigenvalue weighted by molar-refractivity contribution is 9.16. The molecule has 20 heavy (non-hydrogen) atoms. The standard InChI is InChI=1S/C18H24Br2/c1-4-6-10-18(11-7-5-2)15-9-8-13(3)12-14(15)16(19)17(18)20/h8-9,12H,4-7,10-11H2,1-3H3. The summed E-state index contributed by atoms with van der Waals surface area (Å²) in [5, 5.41) is 0. The predicted octanol–water partition coefficient (Wildman–Crippen LogP) is 7.09.